The normalized spacial score (nSPS) is 14.1. The number of nitrogens with zero attached hydrogens (tertiary/aromatic N) is 4. The van der Waals surface area contributed by atoms with Crippen molar-refractivity contribution in [2.24, 2.45) is 0 Å². The molecule has 2 N–H and O–H groups in total. The number of urea groups is 1. The molecule has 0 saturated carbocycles. The molecular weight excluding hydrogens is 504 g/mol. The molecule has 2 heterocycles. The summed E-state index contributed by atoms with van der Waals surface area (Å²) in [5, 5.41) is 12.5. The number of amides is 2. The van der Waals surface area contributed by atoms with Crippen LogP contribution in [0.3, 0.4) is 0 Å². The summed E-state index contributed by atoms with van der Waals surface area (Å²) in [7, 11) is 0. The van der Waals surface area contributed by atoms with Crippen LogP contribution in [0.4, 0.5) is 22.0 Å². The number of carbonyl (C=O) groups is 1. The number of nitrogens with one attached hydrogen (secondary N) is 2. The zero-order valence-corrected chi connectivity index (χ0v) is 23.1. The van der Waals surface area contributed by atoms with Gasteiger partial charge >= 0.3 is 6.03 Å². The number of aromatic nitrogens is 2. The standard InChI is InChI=1S/C31H34N6O3/c1-31(2,3)28-21-29(37(35-28)23-9-7-8-22(20-23)32-4)34-30(38)33-26-12-13-27(25-11-6-5-10-24(25)26)40-19-16-36-14-17-39-18-15-36/h5-13,20-21H,14-19H2,1-3H3,(H2,33,34,38). The summed E-state index contributed by atoms with van der Waals surface area (Å²) in [6.07, 6.45) is 0. The molecule has 2 amide bonds. The number of morpholine rings is 1. The number of hydrogen-bond donors (Lipinski definition) is 2. The molecule has 3 aromatic carbocycles. The van der Waals surface area contributed by atoms with E-state index in [2.05, 4.69) is 41.1 Å². The molecule has 9 nitrogen and oxygen atoms in total. The summed E-state index contributed by atoms with van der Waals surface area (Å²) in [4.78, 5) is 19.1. The van der Waals surface area contributed by atoms with Gasteiger partial charge < -0.3 is 14.8 Å². The molecule has 40 heavy (non-hydrogen) atoms. The molecule has 1 aliphatic heterocycles. The molecule has 206 valence electrons. The Labute approximate surface area is 234 Å². The van der Waals surface area contributed by atoms with Crippen molar-refractivity contribution in [3.8, 4) is 11.4 Å². The van der Waals surface area contributed by atoms with Gasteiger partial charge in [0.25, 0.3) is 0 Å². The fraction of sp³-hybridized carbons (Fsp3) is 0.323. The predicted molar refractivity (Wildman–Crippen MR) is 158 cm³/mol. The average Bonchev–Trinajstić information content (AvgIpc) is 3.39. The van der Waals surface area contributed by atoms with Crippen molar-refractivity contribution >= 4 is 34.0 Å². The smallest absolute Gasteiger partial charge is 0.324 e. The minimum absolute atomic E-state index is 0.233. The molecule has 1 fully saturated rings. The van der Waals surface area contributed by atoms with Crippen molar-refractivity contribution < 1.29 is 14.3 Å². The van der Waals surface area contributed by atoms with Gasteiger partial charge in [-0.2, -0.15) is 5.10 Å². The first-order valence-corrected chi connectivity index (χ1v) is 13.4. The first-order valence-electron chi connectivity index (χ1n) is 13.4. The molecule has 4 aromatic rings. The van der Waals surface area contributed by atoms with Gasteiger partial charge in [-0.1, -0.05) is 57.2 Å². The Kier molecular flexibility index (Phi) is 8.01. The average molecular weight is 539 g/mol. The third kappa shape index (κ3) is 6.25. The molecule has 0 aliphatic carbocycles. The van der Waals surface area contributed by atoms with Crippen LogP contribution in [-0.2, 0) is 10.2 Å². The lowest BCUT2D eigenvalue weighted by molar-refractivity contribution is 0.0323. The molecule has 0 spiro atoms. The maximum absolute atomic E-state index is 13.3. The van der Waals surface area contributed by atoms with Crippen LogP contribution in [0.5, 0.6) is 5.75 Å². The highest BCUT2D eigenvalue weighted by Crippen LogP contribution is 2.32. The zero-order chi connectivity index (χ0) is 28.1. The van der Waals surface area contributed by atoms with Gasteiger partial charge in [0.15, 0.2) is 5.69 Å². The number of benzene rings is 3. The van der Waals surface area contributed by atoms with Crippen molar-refractivity contribution in [2.45, 2.75) is 26.2 Å². The summed E-state index contributed by atoms with van der Waals surface area (Å²) in [6, 6.07) is 20.3. The van der Waals surface area contributed by atoms with Crippen LogP contribution in [0.2, 0.25) is 0 Å². The zero-order valence-electron chi connectivity index (χ0n) is 23.1. The number of ether oxygens (including phenoxy) is 2. The molecule has 1 aliphatic rings. The number of rotatable bonds is 7. The van der Waals surface area contributed by atoms with Crippen LogP contribution in [-0.4, -0.2) is 60.2 Å². The number of carbonyl (C=O) groups excluding carboxylic acids is 1. The monoisotopic (exact) mass is 538 g/mol. The lowest BCUT2D eigenvalue weighted by atomic mass is 9.92. The van der Waals surface area contributed by atoms with Gasteiger partial charge in [0.1, 0.15) is 18.2 Å². The molecule has 5 rings (SSSR count). The summed E-state index contributed by atoms with van der Waals surface area (Å²) in [5.41, 5.74) is 2.46. The lowest BCUT2D eigenvalue weighted by Gasteiger charge is -2.26. The molecule has 0 unspecified atom stereocenters. The van der Waals surface area contributed by atoms with Crippen molar-refractivity contribution in [3.63, 3.8) is 0 Å². The van der Waals surface area contributed by atoms with E-state index in [1.54, 1.807) is 16.8 Å². The van der Waals surface area contributed by atoms with Crippen LogP contribution >= 0.6 is 0 Å². The Bertz CT molecular complexity index is 1540. The van der Waals surface area contributed by atoms with Crippen molar-refractivity contribution in [2.75, 3.05) is 50.1 Å². The summed E-state index contributed by atoms with van der Waals surface area (Å²) in [6.45, 7) is 18.3. The van der Waals surface area contributed by atoms with E-state index in [-0.39, 0.29) is 5.41 Å². The molecule has 0 atom stereocenters. The third-order valence-electron chi connectivity index (χ3n) is 6.82. The number of anilines is 2. The van der Waals surface area contributed by atoms with Crippen LogP contribution < -0.4 is 15.4 Å². The second-order valence-corrected chi connectivity index (χ2v) is 10.7. The lowest BCUT2D eigenvalue weighted by Crippen LogP contribution is -2.38. The highest BCUT2D eigenvalue weighted by molar-refractivity contribution is 6.07. The van der Waals surface area contributed by atoms with Crippen LogP contribution in [0.1, 0.15) is 26.5 Å². The Morgan fingerprint density at radius 1 is 1.02 bits per heavy atom. The van der Waals surface area contributed by atoms with Crippen LogP contribution in [0.15, 0.2) is 66.7 Å². The van der Waals surface area contributed by atoms with Crippen LogP contribution in [0, 0.1) is 6.57 Å². The van der Waals surface area contributed by atoms with Crippen molar-refractivity contribution in [1.29, 1.82) is 0 Å². The number of hydrogen-bond acceptors (Lipinski definition) is 5. The van der Waals surface area contributed by atoms with Gasteiger partial charge in [-0.25, -0.2) is 14.3 Å². The fourth-order valence-electron chi connectivity index (χ4n) is 4.61. The first kappa shape index (κ1) is 27.2. The molecule has 0 bridgehead atoms. The van der Waals surface area contributed by atoms with E-state index in [0.29, 0.717) is 29.5 Å². The number of fused-ring (bicyclic) bond motifs is 1. The highest BCUT2D eigenvalue weighted by atomic mass is 16.5. The molecule has 1 aromatic heterocycles. The van der Waals surface area contributed by atoms with E-state index < -0.39 is 6.03 Å². The summed E-state index contributed by atoms with van der Waals surface area (Å²) < 4.78 is 13.2. The van der Waals surface area contributed by atoms with Crippen molar-refractivity contribution in [3.05, 3.63) is 83.8 Å². The Morgan fingerprint density at radius 3 is 2.55 bits per heavy atom. The van der Waals surface area contributed by atoms with Gasteiger partial charge in [0, 0.05) is 41.9 Å². The quantitative estimate of drug-likeness (QED) is 0.273. The molecule has 1 saturated heterocycles. The summed E-state index contributed by atoms with van der Waals surface area (Å²) in [5.74, 6) is 1.29. The highest BCUT2D eigenvalue weighted by Gasteiger charge is 2.22. The predicted octanol–water partition coefficient (Wildman–Crippen LogP) is 6.23. The second-order valence-electron chi connectivity index (χ2n) is 10.7. The van der Waals surface area contributed by atoms with E-state index in [9.17, 15) is 4.79 Å². The molecular formula is C31H34N6O3. The van der Waals surface area contributed by atoms with E-state index >= 15 is 0 Å². The Balaban J connectivity index is 1.35. The van der Waals surface area contributed by atoms with E-state index in [4.69, 9.17) is 21.1 Å². The largest absolute Gasteiger partial charge is 0.492 e. The fourth-order valence-corrected chi connectivity index (χ4v) is 4.61. The van der Waals surface area contributed by atoms with Gasteiger partial charge in [-0.05, 0) is 24.3 Å². The minimum Gasteiger partial charge on any atom is -0.492 e. The SMILES string of the molecule is [C-]#[N+]c1cccc(-n2nc(C(C)(C)C)cc2NC(=O)Nc2ccc(OCCN3CCOCC3)c3ccccc23)c1. The molecule has 9 heteroatoms. The van der Waals surface area contributed by atoms with Gasteiger partial charge in [-0.15, -0.1) is 0 Å². The maximum atomic E-state index is 13.3. The second kappa shape index (κ2) is 11.8. The molecule has 0 radical (unpaired) electrons. The minimum atomic E-state index is -0.394. The van der Waals surface area contributed by atoms with E-state index in [1.807, 2.05) is 54.6 Å². The van der Waals surface area contributed by atoms with Crippen LogP contribution in [0.25, 0.3) is 21.3 Å². The van der Waals surface area contributed by atoms with Crippen molar-refractivity contribution in [1.82, 2.24) is 14.7 Å². The van der Waals surface area contributed by atoms with Gasteiger partial charge in [-0.3, -0.25) is 10.2 Å². The maximum Gasteiger partial charge on any atom is 0.324 e. The van der Waals surface area contributed by atoms with E-state index in [1.165, 1.54) is 0 Å². The van der Waals surface area contributed by atoms with E-state index in [0.717, 1.165) is 55.1 Å². The third-order valence-corrected chi connectivity index (χ3v) is 6.82. The Morgan fingerprint density at radius 2 is 1.80 bits per heavy atom. The Hall–Kier alpha value is -4.39. The first-order chi connectivity index (χ1) is 19.3. The summed E-state index contributed by atoms with van der Waals surface area (Å²) >= 11 is 0. The van der Waals surface area contributed by atoms with Gasteiger partial charge in [0.05, 0.1) is 36.9 Å². The van der Waals surface area contributed by atoms with Gasteiger partial charge in [0.2, 0.25) is 0 Å². The topological polar surface area (TPSA) is 85.0 Å².